The first-order valence-corrected chi connectivity index (χ1v) is 6.66. The molecule has 0 saturated carbocycles. The molecule has 0 unspecified atom stereocenters. The van der Waals surface area contributed by atoms with Gasteiger partial charge in [-0.1, -0.05) is 19.1 Å². The quantitative estimate of drug-likeness (QED) is 0.817. The SMILES string of the molecule is CCc1ccc(OC)c(CN(C)C(=O)CCNC)c1. The first kappa shape index (κ1) is 15.5. The molecule has 1 rings (SSSR count). The molecule has 0 aromatic heterocycles. The van der Waals surface area contributed by atoms with Crippen LogP contribution in [0.25, 0.3) is 0 Å². The Labute approximate surface area is 115 Å². The van der Waals surface area contributed by atoms with Crippen LogP contribution in [0.3, 0.4) is 0 Å². The fraction of sp³-hybridized carbons (Fsp3) is 0.533. The van der Waals surface area contributed by atoms with Gasteiger partial charge in [0.25, 0.3) is 0 Å². The summed E-state index contributed by atoms with van der Waals surface area (Å²) in [4.78, 5) is 13.7. The van der Waals surface area contributed by atoms with Crippen LogP contribution in [0.4, 0.5) is 0 Å². The molecule has 1 aromatic carbocycles. The number of hydrogen-bond donors (Lipinski definition) is 1. The Morgan fingerprint density at radius 2 is 2.16 bits per heavy atom. The smallest absolute Gasteiger partial charge is 0.223 e. The zero-order chi connectivity index (χ0) is 14.3. The lowest BCUT2D eigenvalue weighted by atomic mass is 10.1. The molecule has 0 fully saturated rings. The second kappa shape index (κ2) is 7.79. The normalized spacial score (nSPS) is 10.3. The predicted octanol–water partition coefficient (Wildman–Crippen LogP) is 1.83. The molecule has 1 amide bonds. The summed E-state index contributed by atoms with van der Waals surface area (Å²) in [7, 11) is 5.34. The fourth-order valence-corrected chi connectivity index (χ4v) is 1.94. The molecule has 1 aromatic rings. The molecule has 0 aliphatic heterocycles. The Morgan fingerprint density at radius 1 is 1.42 bits per heavy atom. The third-order valence-electron chi connectivity index (χ3n) is 3.18. The highest BCUT2D eigenvalue weighted by Gasteiger charge is 2.12. The monoisotopic (exact) mass is 264 g/mol. The molecule has 0 radical (unpaired) electrons. The number of carbonyl (C=O) groups excluding carboxylic acids is 1. The Bertz CT molecular complexity index is 419. The maximum Gasteiger partial charge on any atom is 0.223 e. The van der Waals surface area contributed by atoms with Gasteiger partial charge < -0.3 is 15.0 Å². The van der Waals surface area contributed by atoms with Crippen molar-refractivity contribution in [2.75, 3.05) is 27.7 Å². The minimum absolute atomic E-state index is 0.137. The number of nitrogens with zero attached hydrogens (tertiary/aromatic N) is 1. The van der Waals surface area contributed by atoms with Crippen molar-refractivity contribution >= 4 is 5.91 Å². The van der Waals surface area contributed by atoms with Crippen molar-refractivity contribution < 1.29 is 9.53 Å². The Balaban J connectivity index is 2.76. The van der Waals surface area contributed by atoms with Crippen molar-refractivity contribution in [1.82, 2.24) is 10.2 Å². The van der Waals surface area contributed by atoms with Crippen LogP contribution >= 0.6 is 0 Å². The van der Waals surface area contributed by atoms with Gasteiger partial charge >= 0.3 is 0 Å². The van der Waals surface area contributed by atoms with Gasteiger partial charge in [0.15, 0.2) is 0 Å². The van der Waals surface area contributed by atoms with E-state index in [1.54, 1.807) is 12.0 Å². The van der Waals surface area contributed by atoms with Crippen LogP contribution < -0.4 is 10.1 Å². The van der Waals surface area contributed by atoms with Crippen LogP contribution in [-0.2, 0) is 17.8 Å². The Morgan fingerprint density at radius 3 is 2.74 bits per heavy atom. The van der Waals surface area contributed by atoms with Gasteiger partial charge in [0, 0.05) is 32.1 Å². The van der Waals surface area contributed by atoms with Crippen molar-refractivity contribution in [3.05, 3.63) is 29.3 Å². The van der Waals surface area contributed by atoms with Gasteiger partial charge in [0.1, 0.15) is 5.75 Å². The molecule has 0 aliphatic carbocycles. The number of rotatable bonds is 7. The summed E-state index contributed by atoms with van der Waals surface area (Å²) in [6.45, 7) is 3.41. The maximum absolute atomic E-state index is 11.9. The van der Waals surface area contributed by atoms with E-state index in [4.69, 9.17) is 4.74 Å². The molecule has 0 saturated heterocycles. The van der Waals surface area contributed by atoms with Crippen LogP contribution in [0.2, 0.25) is 0 Å². The van der Waals surface area contributed by atoms with E-state index in [0.717, 1.165) is 17.7 Å². The summed E-state index contributed by atoms with van der Waals surface area (Å²) in [5, 5.41) is 2.99. The number of methoxy groups -OCH3 is 1. The lowest BCUT2D eigenvalue weighted by molar-refractivity contribution is -0.130. The molecular weight excluding hydrogens is 240 g/mol. The molecule has 106 valence electrons. The summed E-state index contributed by atoms with van der Waals surface area (Å²) in [6.07, 6.45) is 1.50. The topological polar surface area (TPSA) is 41.6 Å². The fourth-order valence-electron chi connectivity index (χ4n) is 1.94. The highest BCUT2D eigenvalue weighted by molar-refractivity contribution is 5.76. The molecule has 0 spiro atoms. The number of carbonyl (C=O) groups is 1. The summed E-state index contributed by atoms with van der Waals surface area (Å²) in [6, 6.07) is 6.14. The van der Waals surface area contributed by atoms with E-state index in [0.29, 0.717) is 19.5 Å². The average Bonchev–Trinajstić information content (AvgIpc) is 2.44. The maximum atomic E-state index is 11.9. The number of benzene rings is 1. The Hall–Kier alpha value is -1.55. The number of nitrogens with one attached hydrogen (secondary N) is 1. The van der Waals surface area contributed by atoms with Crippen LogP contribution in [0, 0.1) is 0 Å². The summed E-state index contributed by atoms with van der Waals surface area (Å²) < 4.78 is 5.36. The van der Waals surface area contributed by atoms with Gasteiger partial charge in [-0.05, 0) is 25.1 Å². The summed E-state index contributed by atoms with van der Waals surface area (Å²) in [5.74, 6) is 0.976. The molecule has 0 aliphatic rings. The van der Waals surface area contributed by atoms with Crippen LogP contribution in [0.15, 0.2) is 18.2 Å². The lowest BCUT2D eigenvalue weighted by Crippen LogP contribution is -2.28. The van der Waals surface area contributed by atoms with E-state index in [-0.39, 0.29) is 5.91 Å². The van der Waals surface area contributed by atoms with Gasteiger partial charge in [-0.2, -0.15) is 0 Å². The lowest BCUT2D eigenvalue weighted by Gasteiger charge is -2.19. The van der Waals surface area contributed by atoms with E-state index in [2.05, 4.69) is 24.4 Å². The zero-order valence-corrected chi connectivity index (χ0v) is 12.3. The third kappa shape index (κ3) is 4.56. The van der Waals surface area contributed by atoms with Gasteiger partial charge in [-0.15, -0.1) is 0 Å². The molecule has 0 bridgehead atoms. The number of aryl methyl sites for hydroxylation is 1. The van der Waals surface area contributed by atoms with E-state index >= 15 is 0 Å². The van der Waals surface area contributed by atoms with Gasteiger partial charge in [0.05, 0.1) is 7.11 Å². The van der Waals surface area contributed by atoms with Crippen molar-refractivity contribution in [2.45, 2.75) is 26.3 Å². The van der Waals surface area contributed by atoms with Crippen molar-refractivity contribution in [3.63, 3.8) is 0 Å². The van der Waals surface area contributed by atoms with Crippen LogP contribution in [-0.4, -0.2) is 38.6 Å². The number of ether oxygens (including phenoxy) is 1. The van der Waals surface area contributed by atoms with Gasteiger partial charge in [0.2, 0.25) is 5.91 Å². The molecule has 0 atom stereocenters. The minimum Gasteiger partial charge on any atom is -0.496 e. The largest absolute Gasteiger partial charge is 0.496 e. The van der Waals surface area contributed by atoms with Gasteiger partial charge in [-0.25, -0.2) is 0 Å². The minimum atomic E-state index is 0.137. The summed E-state index contributed by atoms with van der Waals surface area (Å²) >= 11 is 0. The Kier molecular flexibility index (Phi) is 6.36. The molecular formula is C15H24N2O2. The van der Waals surface area contributed by atoms with Crippen LogP contribution in [0.1, 0.15) is 24.5 Å². The predicted molar refractivity (Wildman–Crippen MR) is 77.4 cm³/mol. The van der Waals surface area contributed by atoms with Gasteiger partial charge in [-0.3, -0.25) is 4.79 Å². The molecule has 4 nitrogen and oxygen atoms in total. The second-order valence-corrected chi connectivity index (χ2v) is 4.60. The highest BCUT2D eigenvalue weighted by Crippen LogP contribution is 2.21. The third-order valence-corrected chi connectivity index (χ3v) is 3.18. The molecule has 1 N–H and O–H groups in total. The van der Waals surface area contributed by atoms with E-state index in [9.17, 15) is 4.79 Å². The van der Waals surface area contributed by atoms with Crippen molar-refractivity contribution in [1.29, 1.82) is 0 Å². The van der Waals surface area contributed by atoms with Crippen molar-refractivity contribution in [2.24, 2.45) is 0 Å². The number of amides is 1. The standard InChI is InChI=1S/C15H24N2O2/c1-5-12-6-7-14(19-4)13(10-12)11-17(3)15(18)8-9-16-2/h6-7,10,16H,5,8-9,11H2,1-4H3. The number of hydrogen-bond acceptors (Lipinski definition) is 3. The zero-order valence-electron chi connectivity index (χ0n) is 12.3. The van der Waals surface area contributed by atoms with E-state index in [1.807, 2.05) is 20.2 Å². The first-order valence-electron chi connectivity index (χ1n) is 6.66. The summed E-state index contributed by atoms with van der Waals surface area (Å²) in [5.41, 5.74) is 2.31. The highest BCUT2D eigenvalue weighted by atomic mass is 16.5. The average molecular weight is 264 g/mol. The first-order chi connectivity index (χ1) is 9.12. The van der Waals surface area contributed by atoms with Crippen molar-refractivity contribution in [3.8, 4) is 5.75 Å². The molecule has 19 heavy (non-hydrogen) atoms. The molecule has 0 heterocycles. The molecule has 4 heteroatoms. The second-order valence-electron chi connectivity index (χ2n) is 4.60. The van der Waals surface area contributed by atoms with E-state index in [1.165, 1.54) is 5.56 Å². The van der Waals surface area contributed by atoms with E-state index < -0.39 is 0 Å². The van der Waals surface area contributed by atoms with Crippen LogP contribution in [0.5, 0.6) is 5.75 Å².